The van der Waals surface area contributed by atoms with Crippen LogP contribution >= 0.6 is 0 Å². The summed E-state index contributed by atoms with van der Waals surface area (Å²) in [4.78, 5) is 13.9. The number of pyridine rings is 1. The Kier molecular flexibility index (Phi) is 4.55. The summed E-state index contributed by atoms with van der Waals surface area (Å²) in [5.41, 5.74) is 9.00. The number of hydrogen-bond acceptors (Lipinski definition) is 7. The Morgan fingerprint density at radius 1 is 1.16 bits per heavy atom. The molecule has 0 saturated heterocycles. The molecule has 31 heavy (non-hydrogen) atoms. The Hall–Kier alpha value is -3.26. The molecular weight excluding hydrogens is 392 g/mol. The maximum absolute atomic E-state index is 9.98. The van der Waals surface area contributed by atoms with Gasteiger partial charge in [-0.3, -0.25) is 4.98 Å². The topological polar surface area (TPSA) is 111 Å². The number of aliphatic hydroxyl groups is 1. The molecule has 0 amide bonds. The smallest absolute Gasteiger partial charge is 0.223 e. The molecule has 3 N–H and O–H groups in total. The van der Waals surface area contributed by atoms with Crippen LogP contribution in [0.3, 0.4) is 0 Å². The molecule has 1 saturated carbocycles. The highest BCUT2D eigenvalue weighted by Crippen LogP contribution is 2.46. The van der Waals surface area contributed by atoms with E-state index in [0.29, 0.717) is 18.3 Å². The lowest BCUT2D eigenvalue weighted by Crippen LogP contribution is -2.23. The molecule has 1 fully saturated rings. The van der Waals surface area contributed by atoms with Gasteiger partial charge in [0.25, 0.3) is 0 Å². The minimum Gasteiger partial charge on any atom is -0.497 e. The number of ether oxygens (including phenoxy) is 1. The molecule has 0 radical (unpaired) electrons. The summed E-state index contributed by atoms with van der Waals surface area (Å²) in [6.07, 6.45) is 4.37. The predicted octanol–water partition coefficient (Wildman–Crippen LogP) is 3.24. The van der Waals surface area contributed by atoms with Gasteiger partial charge in [0.15, 0.2) is 11.5 Å². The normalized spacial score (nSPS) is 19.0. The fourth-order valence-electron chi connectivity index (χ4n) is 4.28. The van der Waals surface area contributed by atoms with Gasteiger partial charge < -0.3 is 15.6 Å². The highest BCUT2D eigenvalue weighted by molar-refractivity contribution is 5.93. The molecule has 0 aliphatic heterocycles. The molecule has 4 aromatic rings. The van der Waals surface area contributed by atoms with Gasteiger partial charge in [0, 0.05) is 41.6 Å². The van der Waals surface area contributed by atoms with E-state index in [0.717, 1.165) is 52.2 Å². The molecule has 3 heterocycles. The van der Waals surface area contributed by atoms with Crippen LogP contribution in [0.4, 0.5) is 5.95 Å². The van der Waals surface area contributed by atoms with E-state index in [1.165, 1.54) is 0 Å². The SMILES string of the molecule is COc1ccc2c(c1)nc(N)n1nc([C@H]3C[C@H](c4ccc(CC(C)(C)O)cn4)C3)nc21. The Balaban J connectivity index is 1.36. The van der Waals surface area contributed by atoms with Crippen molar-refractivity contribution in [3.05, 3.63) is 53.6 Å². The second-order valence-corrected chi connectivity index (χ2v) is 9.00. The highest BCUT2D eigenvalue weighted by Gasteiger charge is 2.35. The van der Waals surface area contributed by atoms with E-state index in [4.69, 9.17) is 15.5 Å². The quantitative estimate of drug-likeness (QED) is 0.512. The summed E-state index contributed by atoms with van der Waals surface area (Å²) in [6.45, 7) is 3.61. The van der Waals surface area contributed by atoms with Crippen LogP contribution in [-0.2, 0) is 6.42 Å². The Morgan fingerprint density at radius 2 is 1.97 bits per heavy atom. The second-order valence-electron chi connectivity index (χ2n) is 9.00. The van der Waals surface area contributed by atoms with Gasteiger partial charge in [-0.25, -0.2) is 9.97 Å². The molecule has 1 aliphatic carbocycles. The van der Waals surface area contributed by atoms with Crippen molar-refractivity contribution in [1.29, 1.82) is 0 Å². The third kappa shape index (κ3) is 3.67. The van der Waals surface area contributed by atoms with Gasteiger partial charge in [-0.1, -0.05) is 6.07 Å². The highest BCUT2D eigenvalue weighted by atomic mass is 16.5. The first-order chi connectivity index (χ1) is 14.8. The molecule has 160 valence electrons. The monoisotopic (exact) mass is 418 g/mol. The van der Waals surface area contributed by atoms with Crippen molar-refractivity contribution in [1.82, 2.24) is 24.6 Å². The summed E-state index contributed by atoms with van der Waals surface area (Å²) in [6, 6.07) is 9.82. The van der Waals surface area contributed by atoms with Crippen molar-refractivity contribution in [3.63, 3.8) is 0 Å². The van der Waals surface area contributed by atoms with Crippen LogP contribution in [0.25, 0.3) is 16.6 Å². The minimum absolute atomic E-state index is 0.274. The number of nitrogens with zero attached hydrogens (tertiary/aromatic N) is 5. The van der Waals surface area contributed by atoms with Gasteiger partial charge in [0.2, 0.25) is 5.95 Å². The Morgan fingerprint density at radius 3 is 2.65 bits per heavy atom. The lowest BCUT2D eigenvalue weighted by Gasteiger charge is -2.33. The molecule has 3 aromatic heterocycles. The van der Waals surface area contributed by atoms with Crippen molar-refractivity contribution < 1.29 is 9.84 Å². The van der Waals surface area contributed by atoms with Crippen LogP contribution in [0.15, 0.2) is 36.5 Å². The summed E-state index contributed by atoms with van der Waals surface area (Å²) >= 11 is 0. The number of fused-ring (bicyclic) bond motifs is 3. The first-order valence-electron chi connectivity index (χ1n) is 10.5. The molecule has 5 rings (SSSR count). The van der Waals surface area contributed by atoms with E-state index >= 15 is 0 Å². The zero-order valence-electron chi connectivity index (χ0n) is 17.9. The van der Waals surface area contributed by atoms with Gasteiger partial charge in [0.1, 0.15) is 5.75 Å². The number of rotatable bonds is 5. The summed E-state index contributed by atoms with van der Waals surface area (Å²) < 4.78 is 6.91. The first-order valence-corrected chi connectivity index (χ1v) is 10.5. The van der Waals surface area contributed by atoms with E-state index in [-0.39, 0.29) is 5.92 Å². The van der Waals surface area contributed by atoms with Crippen molar-refractivity contribution in [2.45, 2.75) is 50.5 Å². The molecule has 0 atom stereocenters. The fourth-order valence-corrected chi connectivity index (χ4v) is 4.28. The maximum Gasteiger partial charge on any atom is 0.223 e. The van der Waals surface area contributed by atoms with Gasteiger partial charge >= 0.3 is 0 Å². The third-order valence-corrected chi connectivity index (χ3v) is 5.93. The molecule has 0 spiro atoms. The maximum atomic E-state index is 9.98. The van der Waals surface area contributed by atoms with E-state index < -0.39 is 5.60 Å². The zero-order valence-corrected chi connectivity index (χ0v) is 17.9. The van der Waals surface area contributed by atoms with Crippen LogP contribution in [-0.4, -0.2) is 42.4 Å². The van der Waals surface area contributed by atoms with Crippen LogP contribution in [0.2, 0.25) is 0 Å². The molecule has 0 unspecified atom stereocenters. The molecular formula is C23H26N6O2. The number of anilines is 1. The third-order valence-electron chi connectivity index (χ3n) is 5.93. The van der Waals surface area contributed by atoms with E-state index in [1.807, 2.05) is 24.4 Å². The van der Waals surface area contributed by atoms with Crippen LogP contribution in [0, 0.1) is 0 Å². The minimum atomic E-state index is -0.731. The van der Waals surface area contributed by atoms with Crippen molar-refractivity contribution in [2.24, 2.45) is 0 Å². The Labute approximate surface area is 180 Å². The lowest BCUT2D eigenvalue weighted by molar-refractivity contribution is 0.0809. The van der Waals surface area contributed by atoms with Crippen molar-refractivity contribution in [2.75, 3.05) is 12.8 Å². The number of nitrogens with two attached hydrogens (primary N) is 1. The zero-order chi connectivity index (χ0) is 21.8. The summed E-state index contributed by atoms with van der Waals surface area (Å²) in [5.74, 6) is 2.51. The standard InChI is InChI=1S/C23H26N6O2/c1-23(2,30)11-13-4-7-18(25-12-13)14-8-15(9-14)20-27-21-17-6-5-16(31-3)10-19(17)26-22(24)29(21)28-20/h4-7,10,12,14-15,30H,8-9,11H2,1-3H3,(H2,24,26)/t14-,15-. The van der Waals surface area contributed by atoms with Crippen LogP contribution in [0.1, 0.15) is 55.6 Å². The number of aromatic nitrogens is 5. The number of methoxy groups -OCH3 is 1. The summed E-state index contributed by atoms with van der Waals surface area (Å²) in [5, 5.41) is 15.5. The van der Waals surface area contributed by atoms with E-state index in [2.05, 4.69) is 27.2 Å². The first kappa shape index (κ1) is 19.7. The fraction of sp³-hybridized carbons (Fsp3) is 0.391. The number of benzene rings is 1. The second kappa shape index (κ2) is 7.16. The molecule has 1 aliphatic rings. The van der Waals surface area contributed by atoms with Gasteiger partial charge in [0.05, 0.1) is 18.2 Å². The number of hydrogen-bond donors (Lipinski definition) is 2. The molecule has 8 heteroatoms. The van der Waals surface area contributed by atoms with E-state index in [9.17, 15) is 5.11 Å². The molecule has 1 aromatic carbocycles. The lowest BCUT2D eigenvalue weighted by atomic mass is 9.72. The van der Waals surface area contributed by atoms with Gasteiger partial charge in [-0.05, 0) is 50.5 Å². The van der Waals surface area contributed by atoms with Crippen LogP contribution in [0.5, 0.6) is 5.75 Å². The van der Waals surface area contributed by atoms with Crippen molar-refractivity contribution in [3.8, 4) is 5.75 Å². The van der Waals surface area contributed by atoms with E-state index in [1.54, 1.807) is 25.5 Å². The van der Waals surface area contributed by atoms with Gasteiger partial charge in [-0.15, -0.1) is 5.10 Å². The predicted molar refractivity (Wildman–Crippen MR) is 118 cm³/mol. The van der Waals surface area contributed by atoms with Crippen molar-refractivity contribution >= 4 is 22.5 Å². The average molecular weight is 419 g/mol. The van der Waals surface area contributed by atoms with Crippen LogP contribution < -0.4 is 10.5 Å². The Bertz CT molecular complexity index is 1250. The number of nitrogen functional groups attached to an aromatic ring is 1. The van der Waals surface area contributed by atoms with Gasteiger partial charge in [-0.2, -0.15) is 4.52 Å². The summed E-state index contributed by atoms with van der Waals surface area (Å²) in [7, 11) is 1.63. The molecule has 8 nitrogen and oxygen atoms in total. The largest absolute Gasteiger partial charge is 0.497 e. The average Bonchev–Trinajstić information content (AvgIpc) is 3.12. The molecule has 0 bridgehead atoms.